The number of carbonyl (C=O) groups is 2. The summed E-state index contributed by atoms with van der Waals surface area (Å²) in [7, 11) is 0. The molecule has 1 saturated heterocycles. The van der Waals surface area contributed by atoms with Gasteiger partial charge in [0.25, 0.3) is 5.91 Å². The minimum atomic E-state index is -0.556. The molecule has 0 spiro atoms. The number of hydrogen-bond donors (Lipinski definition) is 1. The van der Waals surface area contributed by atoms with Crippen LogP contribution in [0.1, 0.15) is 21.1 Å². The number of carbonyl (C=O) groups excluding carboxylic acids is 2. The Labute approximate surface area is 142 Å². The minimum absolute atomic E-state index is 0.223. The van der Waals surface area contributed by atoms with Gasteiger partial charge < -0.3 is 10.6 Å². The summed E-state index contributed by atoms with van der Waals surface area (Å²) in [6.07, 6.45) is 0. The SMILES string of the molecule is Cc1cccc(-c2sc(C)nc2C(=O)N2CSC[C@H]2C(N)=O)c1. The largest absolute Gasteiger partial charge is 0.368 e. The summed E-state index contributed by atoms with van der Waals surface area (Å²) < 4.78 is 0. The molecule has 2 aromatic rings. The molecule has 1 fully saturated rings. The number of hydrogen-bond acceptors (Lipinski definition) is 5. The van der Waals surface area contributed by atoms with Crippen LogP contribution in [0.4, 0.5) is 0 Å². The van der Waals surface area contributed by atoms with E-state index < -0.39 is 11.9 Å². The Morgan fingerprint density at radius 1 is 1.35 bits per heavy atom. The molecule has 1 aromatic carbocycles. The Kier molecular flexibility index (Phi) is 4.41. The molecule has 5 nitrogen and oxygen atoms in total. The van der Waals surface area contributed by atoms with E-state index in [1.807, 2.05) is 38.1 Å². The summed E-state index contributed by atoms with van der Waals surface area (Å²) in [4.78, 5) is 31.2. The van der Waals surface area contributed by atoms with Crippen LogP contribution in [0.5, 0.6) is 0 Å². The van der Waals surface area contributed by atoms with Crippen LogP contribution >= 0.6 is 23.1 Å². The highest BCUT2D eigenvalue weighted by Crippen LogP contribution is 2.33. The zero-order chi connectivity index (χ0) is 16.6. The second-order valence-electron chi connectivity index (χ2n) is 5.47. The predicted octanol–water partition coefficient (Wildman–Crippen LogP) is 2.43. The van der Waals surface area contributed by atoms with Gasteiger partial charge in [-0.25, -0.2) is 4.98 Å². The fourth-order valence-electron chi connectivity index (χ4n) is 2.57. The van der Waals surface area contributed by atoms with E-state index in [4.69, 9.17) is 5.73 Å². The molecule has 1 atom stereocenters. The molecule has 120 valence electrons. The number of aromatic nitrogens is 1. The van der Waals surface area contributed by atoms with E-state index >= 15 is 0 Å². The van der Waals surface area contributed by atoms with Crippen LogP contribution in [-0.2, 0) is 4.79 Å². The lowest BCUT2D eigenvalue weighted by atomic mass is 10.1. The summed E-state index contributed by atoms with van der Waals surface area (Å²) >= 11 is 3.02. The Morgan fingerprint density at radius 2 is 2.13 bits per heavy atom. The van der Waals surface area contributed by atoms with Crippen molar-refractivity contribution in [3.8, 4) is 10.4 Å². The molecular formula is C16H17N3O2S2. The number of primary amides is 1. The summed E-state index contributed by atoms with van der Waals surface area (Å²) in [5, 5.41) is 0.826. The van der Waals surface area contributed by atoms with E-state index in [1.54, 1.807) is 0 Å². The van der Waals surface area contributed by atoms with Crippen LogP contribution in [0.2, 0.25) is 0 Å². The van der Waals surface area contributed by atoms with E-state index in [0.29, 0.717) is 17.3 Å². The van der Waals surface area contributed by atoms with E-state index in [9.17, 15) is 9.59 Å². The van der Waals surface area contributed by atoms with Crippen molar-refractivity contribution in [3.63, 3.8) is 0 Å². The van der Waals surface area contributed by atoms with E-state index in [2.05, 4.69) is 4.98 Å². The molecule has 23 heavy (non-hydrogen) atoms. The third-order valence-electron chi connectivity index (χ3n) is 3.69. The van der Waals surface area contributed by atoms with Crippen LogP contribution in [0.3, 0.4) is 0 Å². The highest BCUT2D eigenvalue weighted by atomic mass is 32.2. The van der Waals surface area contributed by atoms with Crippen LogP contribution in [0.15, 0.2) is 24.3 Å². The third kappa shape index (κ3) is 3.11. The van der Waals surface area contributed by atoms with Crippen molar-refractivity contribution in [2.24, 2.45) is 5.73 Å². The van der Waals surface area contributed by atoms with Gasteiger partial charge in [0.2, 0.25) is 5.91 Å². The number of nitrogens with two attached hydrogens (primary N) is 1. The first-order valence-electron chi connectivity index (χ1n) is 7.20. The average Bonchev–Trinajstić information content (AvgIpc) is 3.13. The number of aryl methyl sites for hydroxylation is 2. The van der Waals surface area contributed by atoms with Gasteiger partial charge in [-0.05, 0) is 19.4 Å². The van der Waals surface area contributed by atoms with Gasteiger partial charge in [-0.2, -0.15) is 0 Å². The molecule has 0 bridgehead atoms. The van der Waals surface area contributed by atoms with Crippen LogP contribution in [0, 0.1) is 13.8 Å². The lowest BCUT2D eigenvalue weighted by Crippen LogP contribution is -2.45. The van der Waals surface area contributed by atoms with Gasteiger partial charge in [0.05, 0.1) is 15.8 Å². The van der Waals surface area contributed by atoms with Crippen LogP contribution in [0.25, 0.3) is 10.4 Å². The lowest BCUT2D eigenvalue weighted by molar-refractivity contribution is -0.121. The fraction of sp³-hybridized carbons (Fsp3) is 0.312. The number of amides is 2. The quantitative estimate of drug-likeness (QED) is 0.925. The van der Waals surface area contributed by atoms with Crippen molar-refractivity contribution >= 4 is 34.9 Å². The van der Waals surface area contributed by atoms with Crippen molar-refractivity contribution in [1.29, 1.82) is 0 Å². The Morgan fingerprint density at radius 3 is 2.83 bits per heavy atom. The molecule has 0 radical (unpaired) electrons. The number of thiazole rings is 1. The van der Waals surface area contributed by atoms with Gasteiger partial charge in [0.15, 0.2) is 0 Å². The molecule has 1 aliphatic rings. The van der Waals surface area contributed by atoms with Crippen molar-refractivity contribution in [1.82, 2.24) is 9.88 Å². The summed E-state index contributed by atoms with van der Waals surface area (Å²) in [6.45, 7) is 3.89. The van der Waals surface area contributed by atoms with Crippen molar-refractivity contribution < 1.29 is 9.59 Å². The smallest absolute Gasteiger partial charge is 0.275 e. The van der Waals surface area contributed by atoms with Gasteiger partial charge in [0, 0.05) is 5.75 Å². The van der Waals surface area contributed by atoms with Gasteiger partial charge >= 0.3 is 0 Å². The van der Waals surface area contributed by atoms with Gasteiger partial charge in [-0.1, -0.05) is 29.8 Å². The zero-order valence-electron chi connectivity index (χ0n) is 12.9. The minimum Gasteiger partial charge on any atom is -0.368 e. The molecular weight excluding hydrogens is 330 g/mol. The van der Waals surface area contributed by atoms with Crippen LogP contribution < -0.4 is 5.73 Å². The first kappa shape index (κ1) is 16.0. The Hall–Kier alpha value is -1.86. The zero-order valence-corrected chi connectivity index (χ0v) is 14.5. The first-order chi connectivity index (χ1) is 11.0. The molecule has 2 heterocycles. The van der Waals surface area contributed by atoms with E-state index in [1.165, 1.54) is 28.0 Å². The highest BCUT2D eigenvalue weighted by Gasteiger charge is 2.35. The van der Waals surface area contributed by atoms with Gasteiger partial charge in [-0.3, -0.25) is 9.59 Å². The molecule has 3 rings (SSSR count). The standard InChI is InChI=1S/C16H17N3O2S2/c1-9-4-3-5-11(6-9)14-13(18-10(2)23-14)16(21)19-8-22-7-12(19)15(17)20/h3-6,12H,7-8H2,1-2H3,(H2,17,20)/t12-/m0/s1. The summed E-state index contributed by atoms with van der Waals surface area (Å²) in [5.74, 6) is 0.326. The van der Waals surface area contributed by atoms with E-state index in [-0.39, 0.29) is 5.91 Å². The van der Waals surface area contributed by atoms with Gasteiger partial charge in [0.1, 0.15) is 11.7 Å². The number of nitrogens with zero attached hydrogens (tertiary/aromatic N) is 2. The van der Waals surface area contributed by atoms with Crippen molar-refractivity contribution in [3.05, 3.63) is 40.5 Å². The molecule has 0 unspecified atom stereocenters. The fourth-order valence-corrected chi connectivity index (χ4v) is 4.64. The first-order valence-corrected chi connectivity index (χ1v) is 9.17. The third-order valence-corrected chi connectivity index (χ3v) is 5.72. The van der Waals surface area contributed by atoms with E-state index in [0.717, 1.165) is 21.0 Å². The maximum atomic E-state index is 12.9. The van der Waals surface area contributed by atoms with Crippen LogP contribution in [-0.4, -0.2) is 39.4 Å². The Bertz CT molecular complexity index is 772. The predicted molar refractivity (Wildman–Crippen MR) is 93.5 cm³/mol. The maximum absolute atomic E-state index is 12.9. The maximum Gasteiger partial charge on any atom is 0.275 e. The monoisotopic (exact) mass is 347 g/mol. The molecule has 1 aliphatic heterocycles. The average molecular weight is 347 g/mol. The van der Waals surface area contributed by atoms with Crippen molar-refractivity contribution in [2.45, 2.75) is 19.9 Å². The second kappa shape index (κ2) is 6.33. The molecule has 2 amide bonds. The molecule has 0 saturated carbocycles. The lowest BCUT2D eigenvalue weighted by Gasteiger charge is -2.20. The summed E-state index contributed by atoms with van der Waals surface area (Å²) in [6, 6.07) is 7.43. The molecule has 1 aromatic heterocycles. The Balaban J connectivity index is 2.00. The topological polar surface area (TPSA) is 76.3 Å². The van der Waals surface area contributed by atoms with Gasteiger partial charge in [-0.15, -0.1) is 23.1 Å². The second-order valence-corrected chi connectivity index (χ2v) is 7.68. The highest BCUT2D eigenvalue weighted by molar-refractivity contribution is 7.99. The number of thioether (sulfide) groups is 1. The number of benzene rings is 1. The number of rotatable bonds is 3. The molecule has 0 aliphatic carbocycles. The summed E-state index contributed by atoms with van der Waals surface area (Å²) in [5.41, 5.74) is 7.92. The molecule has 7 heteroatoms. The van der Waals surface area contributed by atoms with Crippen molar-refractivity contribution in [2.75, 3.05) is 11.6 Å². The molecule has 2 N–H and O–H groups in total. The normalized spacial score (nSPS) is 17.5.